The van der Waals surface area contributed by atoms with Gasteiger partial charge in [0.05, 0.1) is 0 Å². The third-order valence-electron chi connectivity index (χ3n) is 3.29. The lowest BCUT2D eigenvalue weighted by molar-refractivity contribution is 0.0661. The van der Waals surface area contributed by atoms with Crippen LogP contribution in [0.2, 0.25) is 0 Å². The average molecular weight is 267 g/mol. The highest BCUT2D eigenvalue weighted by Crippen LogP contribution is 2.15. The van der Waals surface area contributed by atoms with Crippen molar-refractivity contribution in [3.63, 3.8) is 0 Å². The molecule has 0 aromatic carbocycles. The van der Waals surface area contributed by atoms with E-state index in [-0.39, 0.29) is 5.76 Å². The lowest BCUT2D eigenvalue weighted by atomic mass is 10.0. The first-order valence-electron chi connectivity index (χ1n) is 6.96. The van der Waals surface area contributed by atoms with Crippen molar-refractivity contribution in [3.05, 3.63) is 23.2 Å². The molecule has 1 aromatic heterocycles. The minimum atomic E-state index is -1.01. The molecule has 2 N–H and O–H groups in total. The number of furan rings is 1. The standard InChI is InChI=1S/C15H25NO3/c1-10(2)6-5-7-11(3)16-9-13-8-14(15(17)18)19-12(13)4/h8,10-11,16H,5-7,9H2,1-4H3,(H,17,18). The van der Waals surface area contributed by atoms with Crippen molar-refractivity contribution in [2.24, 2.45) is 5.92 Å². The molecule has 1 heterocycles. The summed E-state index contributed by atoms with van der Waals surface area (Å²) >= 11 is 0. The molecule has 0 fully saturated rings. The van der Waals surface area contributed by atoms with Crippen molar-refractivity contribution in [2.45, 2.75) is 59.5 Å². The highest BCUT2D eigenvalue weighted by molar-refractivity contribution is 5.84. The van der Waals surface area contributed by atoms with Gasteiger partial charge in [-0.25, -0.2) is 4.79 Å². The number of nitrogens with one attached hydrogen (secondary N) is 1. The average Bonchev–Trinajstić information content (AvgIpc) is 2.68. The molecule has 1 atom stereocenters. The van der Waals surface area contributed by atoms with Gasteiger partial charge in [0.15, 0.2) is 0 Å². The van der Waals surface area contributed by atoms with Crippen LogP contribution in [0.4, 0.5) is 0 Å². The second-order valence-electron chi connectivity index (χ2n) is 5.60. The van der Waals surface area contributed by atoms with Crippen LogP contribution < -0.4 is 5.32 Å². The summed E-state index contributed by atoms with van der Waals surface area (Å²) in [5, 5.41) is 12.3. The lowest BCUT2D eigenvalue weighted by Gasteiger charge is -2.14. The maximum absolute atomic E-state index is 10.8. The first-order chi connectivity index (χ1) is 8.90. The van der Waals surface area contributed by atoms with Gasteiger partial charge in [0.1, 0.15) is 5.76 Å². The molecule has 0 aliphatic carbocycles. The molecular formula is C15H25NO3. The SMILES string of the molecule is Cc1oc(C(=O)O)cc1CNC(C)CCCC(C)C. The Kier molecular flexibility index (Phi) is 6.09. The van der Waals surface area contributed by atoms with Crippen LogP contribution in [0.15, 0.2) is 10.5 Å². The summed E-state index contributed by atoms with van der Waals surface area (Å²) in [4.78, 5) is 10.8. The lowest BCUT2D eigenvalue weighted by Crippen LogP contribution is -2.25. The highest BCUT2D eigenvalue weighted by atomic mass is 16.4. The molecule has 0 aliphatic heterocycles. The zero-order valence-corrected chi connectivity index (χ0v) is 12.3. The Balaban J connectivity index is 2.37. The van der Waals surface area contributed by atoms with Crippen LogP contribution in [0, 0.1) is 12.8 Å². The maximum atomic E-state index is 10.8. The van der Waals surface area contributed by atoms with Gasteiger partial charge in [-0.05, 0) is 32.3 Å². The fourth-order valence-corrected chi connectivity index (χ4v) is 2.02. The minimum absolute atomic E-state index is 0.0155. The summed E-state index contributed by atoms with van der Waals surface area (Å²) in [6, 6.07) is 2.03. The van der Waals surface area contributed by atoms with Crippen LogP contribution in [-0.2, 0) is 6.54 Å². The number of hydrogen-bond donors (Lipinski definition) is 2. The monoisotopic (exact) mass is 267 g/mol. The van der Waals surface area contributed by atoms with Gasteiger partial charge in [0, 0.05) is 18.2 Å². The number of carbonyl (C=O) groups is 1. The van der Waals surface area contributed by atoms with Crippen molar-refractivity contribution in [1.29, 1.82) is 0 Å². The molecule has 1 unspecified atom stereocenters. The van der Waals surface area contributed by atoms with Gasteiger partial charge in [-0.2, -0.15) is 0 Å². The van der Waals surface area contributed by atoms with E-state index in [1.807, 2.05) is 0 Å². The van der Waals surface area contributed by atoms with Gasteiger partial charge in [-0.1, -0.05) is 26.7 Å². The fraction of sp³-hybridized carbons (Fsp3) is 0.667. The molecule has 0 amide bonds. The summed E-state index contributed by atoms with van der Waals surface area (Å²) in [6.07, 6.45) is 3.61. The van der Waals surface area contributed by atoms with E-state index in [2.05, 4.69) is 26.1 Å². The van der Waals surface area contributed by atoms with Crippen molar-refractivity contribution >= 4 is 5.97 Å². The summed E-state index contributed by atoms with van der Waals surface area (Å²) in [5.74, 6) is 0.432. The van der Waals surface area contributed by atoms with E-state index in [4.69, 9.17) is 9.52 Å². The molecule has 0 aliphatic rings. The molecule has 0 spiro atoms. The van der Waals surface area contributed by atoms with E-state index < -0.39 is 5.97 Å². The first kappa shape index (κ1) is 15.8. The zero-order chi connectivity index (χ0) is 14.4. The molecule has 108 valence electrons. The Morgan fingerprint density at radius 2 is 2.05 bits per heavy atom. The van der Waals surface area contributed by atoms with E-state index in [1.54, 1.807) is 13.0 Å². The van der Waals surface area contributed by atoms with E-state index in [0.29, 0.717) is 18.3 Å². The van der Waals surface area contributed by atoms with Crippen LogP contribution in [0.5, 0.6) is 0 Å². The normalized spacial score (nSPS) is 12.9. The smallest absolute Gasteiger partial charge is 0.371 e. The molecule has 1 rings (SSSR count). The summed E-state index contributed by atoms with van der Waals surface area (Å²) in [7, 11) is 0. The third-order valence-corrected chi connectivity index (χ3v) is 3.29. The molecular weight excluding hydrogens is 242 g/mol. The van der Waals surface area contributed by atoms with Crippen LogP contribution in [0.25, 0.3) is 0 Å². The number of aryl methyl sites for hydroxylation is 1. The van der Waals surface area contributed by atoms with Crippen LogP contribution in [0.1, 0.15) is 61.9 Å². The van der Waals surface area contributed by atoms with E-state index in [1.165, 1.54) is 12.8 Å². The summed E-state index contributed by atoms with van der Waals surface area (Å²) in [5.41, 5.74) is 0.924. The second kappa shape index (κ2) is 7.34. The van der Waals surface area contributed by atoms with Gasteiger partial charge in [-0.3, -0.25) is 0 Å². The first-order valence-corrected chi connectivity index (χ1v) is 6.96. The molecule has 0 bridgehead atoms. The van der Waals surface area contributed by atoms with Gasteiger partial charge < -0.3 is 14.8 Å². The topological polar surface area (TPSA) is 62.5 Å². The summed E-state index contributed by atoms with van der Waals surface area (Å²) < 4.78 is 5.18. The van der Waals surface area contributed by atoms with E-state index in [0.717, 1.165) is 17.9 Å². The van der Waals surface area contributed by atoms with Crippen molar-refractivity contribution in [1.82, 2.24) is 5.32 Å². The minimum Gasteiger partial charge on any atom is -0.475 e. The zero-order valence-electron chi connectivity index (χ0n) is 12.3. The summed E-state index contributed by atoms with van der Waals surface area (Å²) in [6.45, 7) is 9.09. The Morgan fingerprint density at radius 1 is 1.37 bits per heavy atom. The third kappa shape index (κ3) is 5.47. The largest absolute Gasteiger partial charge is 0.475 e. The number of rotatable bonds is 8. The van der Waals surface area contributed by atoms with Crippen molar-refractivity contribution in [3.8, 4) is 0 Å². The Labute approximate surface area is 115 Å². The Hall–Kier alpha value is -1.29. The van der Waals surface area contributed by atoms with Crippen LogP contribution >= 0.6 is 0 Å². The molecule has 19 heavy (non-hydrogen) atoms. The van der Waals surface area contributed by atoms with Gasteiger partial charge in [0.25, 0.3) is 0 Å². The number of hydrogen-bond acceptors (Lipinski definition) is 3. The van der Waals surface area contributed by atoms with E-state index in [9.17, 15) is 4.79 Å². The quantitative estimate of drug-likeness (QED) is 0.755. The van der Waals surface area contributed by atoms with E-state index >= 15 is 0 Å². The molecule has 0 saturated heterocycles. The fourth-order valence-electron chi connectivity index (χ4n) is 2.02. The molecule has 4 nitrogen and oxygen atoms in total. The van der Waals surface area contributed by atoms with Crippen LogP contribution in [-0.4, -0.2) is 17.1 Å². The van der Waals surface area contributed by atoms with Crippen LogP contribution in [0.3, 0.4) is 0 Å². The maximum Gasteiger partial charge on any atom is 0.371 e. The Morgan fingerprint density at radius 3 is 2.58 bits per heavy atom. The van der Waals surface area contributed by atoms with Crippen molar-refractivity contribution < 1.29 is 14.3 Å². The highest BCUT2D eigenvalue weighted by Gasteiger charge is 2.13. The molecule has 4 heteroatoms. The number of carboxylic acids is 1. The Bertz CT molecular complexity index is 410. The van der Waals surface area contributed by atoms with Gasteiger partial charge in [-0.15, -0.1) is 0 Å². The molecule has 0 saturated carbocycles. The second-order valence-corrected chi connectivity index (χ2v) is 5.60. The molecule has 0 radical (unpaired) electrons. The number of aromatic carboxylic acids is 1. The van der Waals surface area contributed by atoms with Gasteiger partial charge >= 0.3 is 5.97 Å². The predicted molar refractivity (Wildman–Crippen MR) is 75.4 cm³/mol. The number of carboxylic acid groups (broad SMARTS) is 1. The van der Waals surface area contributed by atoms with Gasteiger partial charge in [0.2, 0.25) is 5.76 Å². The predicted octanol–water partition coefficient (Wildman–Crippen LogP) is 3.59. The van der Waals surface area contributed by atoms with Crippen molar-refractivity contribution in [2.75, 3.05) is 0 Å². The molecule has 1 aromatic rings.